The van der Waals surface area contributed by atoms with Crippen LogP contribution in [0.2, 0.25) is 0 Å². The van der Waals surface area contributed by atoms with Crippen molar-refractivity contribution in [3.63, 3.8) is 0 Å². The third kappa shape index (κ3) is 4.76. The third-order valence-electron chi connectivity index (χ3n) is 4.14. The molecule has 5 nitrogen and oxygen atoms in total. The van der Waals surface area contributed by atoms with E-state index in [1.54, 1.807) is 25.2 Å². The van der Waals surface area contributed by atoms with E-state index in [0.717, 1.165) is 24.7 Å². The number of hydrogen-bond acceptors (Lipinski definition) is 5. The highest BCUT2D eigenvalue weighted by Gasteiger charge is 2.37. The second-order valence-electron chi connectivity index (χ2n) is 5.91. The van der Waals surface area contributed by atoms with Gasteiger partial charge in [-0.1, -0.05) is 25.7 Å². The van der Waals surface area contributed by atoms with Crippen LogP contribution in [-0.2, 0) is 4.74 Å². The summed E-state index contributed by atoms with van der Waals surface area (Å²) >= 11 is 0. The van der Waals surface area contributed by atoms with Crippen molar-refractivity contribution in [3.8, 4) is 0 Å². The fraction of sp³-hybridized carbons (Fsp3) is 0.474. The molecular weight excluding hydrogens is 306 g/mol. The van der Waals surface area contributed by atoms with Gasteiger partial charge in [-0.25, -0.2) is 0 Å². The summed E-state index contributed by atoms with van der Waals surface area (Å²) in [5.41, 5.74) is 8.02. The van der Waals surface area contributed by atoms with Crippen LogP contribution >= 0.6 is 0 Å². The molecule has 0 amide bonds. The zero-order valence-corrected chi connectivity index (χ0v) is 14.7. The molecule has 0 aromatic rings. The average Bonchev–Trinajstić information content (AvgIpc) is 2.56. The molecule has 5 N–H and O–H groups in total. The molecule has 0 bridgehead atoms. The fourth-order valence-electron chi connectivity index (χ4n) is 3.19. The minimum atomic E-state index is -0.0392. The number of aliphatic hydroxyl groups is 3. The van der Waals surface area contributed by atoms with E-state index in [0.29, 0.717) is 18.8 Å². The van der Waals surface area contributed by atoms with Crippen molar-refractivity contribution in [2.75, 3.05) is 13.7 Å². The van der Waals surface area contributed by atoms with Crippen molar-refractivity contribution >= 4 is 0 Å². The van der Waals surface area contributed by atoms with Crippen LogP contribution in [0.15, 0.2) is 59.3 Å². The van der Waals surface area contributed by atoms with Crippen LogP contribution in [-0.4, -0.2) is 35.1 Å². The van der Waals surface area contributed by atoms with Crippen LogP contribution in [0, 0.1) is 11.8 Å². The summed E-state index contributed by atoms with van der Waals surface area (Å²) in [6.07, 6.45) is 8.57. The second kappa shape index (κ2) is 9.35. The first kappa shape index (κ1) is 20.1. The molecule has 2 unspecified atom stereocenters. The van der Waals surface area contributed by atoms with Gasteiger partial charge in [-0.05, 0) is 25.0 Å². The van der Waals surface area contributed by atoms with Gasteiger partial charge in [0.1, 0.15) is 5.76 Å². The summed E-state index contributed by atoms with van der Waals surface area (Å²) in [4.78, 5) is 0. The SMILES string of the molecule is C=CC1=C(/C=C(/O)CC)OCC2CC(N)C=C(/C=C(\C)O)[C@H]12.CO. The van der Waals surface area contributed by atoms with Crippen molar-refractivity contribution in [3.05, 3.63) is 59.3 Å². The van der Waals surface area contributed by atoms with Crippen molar-refractivity contribution < 1.29 is 20.1 Å². The predicted octanol–water partition coefficient (Wildman–Crippen LogP) is 3.27. The summed E-state index contributed by atoms with van der Waals surface area (Å²) < 4.78 is 5.83. The Morgan fingerprint density at radius 1 is 1.38 bits per heavy atom. The lowest BCUT2D eigenvalue weighted by Crippen LogP contribution is -2.37. The van der Waals surface area contributed by atoms with E-state index in [9.17, 15) is 10.2 Å². The molecule has 2 aliphatic rings. The highest BCUT2D eigenvalue weighted by atomic mass is 16.5. The quantitative estimate of drug-likeness (QED) is 0.591. The predicted molar refractivity (Wildman–Crippen MR) is 96.4 cm³/mol. The smallest absolute Gasteiger partial charge is 0.126 e. The van der Waals surface area contributed by atoms with Gasteiger partial charge in [0.25, 0.3) is 0 Å². The Hall–Kier alpha value is -1.98. The van der Waals surface area contributed by atoms with E-state index in [1.165, 1.54) is 0 Å². The standard InChI is InChI=1S/C18H25NO3.CH4O/c1-4-15(21)9-17-16(5-2)18-12(6-11(3)20)7-14(19)8-13(18)10-22-17;1-2/h5-7,9,13-14,18,20-21H,2,4,8,10,19H2,1,3H3;2H,1H3/b11-6+,15-9+;/t13?,14?,18-;/m0./s1. The van der Waals surface area contributed by atoms with Gasteiger partial charge in [0.15, 0.2) is 0 Å². The number of fused-ring (bicyclic) bond motifs is 1. The lowest BCUT2D eigenvalue weighted by Gasteiger charge is -2.39. The second-order valence-corrected chi connectivity index (χ2v) is 5.91. The highest BCUT2D eigenvalue weighted by Crippen LogP contribution is 2.42. The van der Waals surface area contributed by atoms with Gasteiger partial charge in [-0.2, -0.15) is 0 Å². The summed E-state index contributed by atoms with van der Waals surface area (Å²) in [7, 11) is 1.00. The molecule has 134 valence electrons. The van der Waals surface area contributed by atoms with Crippen LogP contribution in [0.1, 0.15) is 26.7 Å². The molecule has 2 rings (SSSR count). The fourth-order valence-corrected chi connectivity index (χ4v) is 3.19. The van der Waals surface area contributed by atoms with E-state index in [2.05, 4.69) is 6.58 Å². The molecule has 3 atom stereocenters. The Balaban J connectivity index is 0.00000139. The number of ether oxygens (including phenoxy) is 1. The van der Waals surface area contributed by atoms with E-state index >= 15 is 0 Å². The molecule has 0 saturated carbocycles. The Bertz CT molecular complexity index is 568. The van der Waals surface area contributed by atoms with Gasteiger partial charge >= 0.3 is 0 Å². The van der Waals surface area contributed by atoms with E-state index in [1.807, 2.05) is 13.0 Å². The van der Waals surface area contributed by atoms with Gasteiger partial charge in [-0.3, -0.25) is 0 Å². The van der Waals surface area contributed by atoms with Gasteiger partial charge in [-0.15, -0.1) is 0 Å². The number of allylic oxidation sites excluding steroid dienone is 7. The van der Waals surface area contributed by atoms with E-state index in [-0.39, 0.29) is 29.4 Å². The molecule has 1 heterocycles. The monoisotopic (exact) mass is 335 g/mol. The minimum Gasteiger partial charge on any atom is -0.513 e. The summed E-state index contributed by atoms with van der Waals surface area (Å²) in [6.45, 7) is 7.98. The molecule has 1 aliphatic carbocycles. The maximum Gasteiger partial charge on any atom is 0.126 e. The van der Waals surface area contributed by atoms with Gasteiger partial charge < -0.3 is 25.8 Å². The Morgan fingerprint density at radius 3 is 2.58 bits per heavy atom. The number of hydrogen-bond donors (Lipinski definition) is 4. The average molecular weight is 335 g/mol. The molecular formula is C19H29NO4. The molecule has 0 saturated heterocycles. The summed E-state index contributed by atoms with van der Waals surface area (Å²) in [5.74, 6) is 1.52. The van der Waals surface area contributed by atoms with Gasteiger partial charge in [0.05, 0.1) is 18.1 Å². The van der Waals surface area contributed by atoms with Crippen molar-refractivity contribution in [1.82, 2.24) is 0 Å². The van der Waals surface area contributed by atoms with Gasteiger partial charge in [0.2, 0.25) is 0 Å². The zero-order chi connectivity index (χ0) is 18.3. The summed E-state index contributed by atoms with van der Waals surface area (Å²) in [6, 6.07) is -0.0392. The molecule has 24 heavy (non-hydrogen) atoms. The molecule has 5 heteroatoms. The van der Waals surface area contributed by atoms with Crippen molar-refractivity contribution in [2.45, 2.75) is 32.7 Å². The molecule has 0 aromatic heterocycles. The maximum absolute atomic E-state index is 9.80. The first-order chi connectivity index (χ1) is 11.5. The van der Waals surface area contributed by atoms with Crippen LogP contribution in [0.4, 0.5) is 0 Å². The Labute approximate surface area is 144 Å². The number of nitrogens with two attached hydrogens (primary N) is 1. The molecule has 0 spiro atoms. The molecule has 0 aromatic carbocycles. The first-order valence-electron chi connectivity index (χ1n) is 8.14. The van der Waals surface area contributed by atoms with E-state index in [4.69, 9.17) is 15.6 Å². The number of rotatable bonds is 4. The summed E-state index contributed by atoms with van der Waals surface area (Å²) in [5, 5.41) is 26.4. The van der Waals surface area contributed by atoms with Gasteiger partial charge in [0, 0.05) is 43.1 Å². The molecule has 0 fully saturated rings. The topological polar surface area (TPSA) is 95.9 Å². The minimum absolute atomic E-state index is 0.0392. The molecule has 0 radical (unpaired) electrons. The van der Waals surface area contributed by atoms with Crippen LogP contribution in [0.25, 0.3) is 0 Å². The van der Waals surface area contributed by atoms with Crippen LogP contribution < -0.4 is 5.73 Å². The lowest BCUT2D eigenvalue weighted by molar-refractivity contribution is 0.117. The Kier molecular flexibility index (Phi) is 7.82. The first-order valence-corrected chi connectivity index (χ1v) is 8.14. The normalized spacial score (nSPS) is 27.4. The highest BCUT2D eigenvalue weighted by molar-refractivity contribution is 5.43. The molecule has 1 aliphatic heterocycles. The van der Waals surface area contributed by atoms with Crippen LogP contribution in [0.3, 0.4) is 0 Å². The lowest BCUT2D eigenvalue weighted by atomic mass is 9.71. The maximum atomic E-state index is 9.80. The number of aliphatic hydroxyl groups excluding tert-OH is 3. The van der Waals surface area contributed by atoms with E-state index < -0.39 is 0 Å². The zero-order valence-electron chi connectivity index (χ0n) is 14.7. The van der Waals surface area contributed by atoms with Crippen molar-refractivity contribution in [2.24, 2.45) is 17.6 Å². The van der Waals surface area contributed by atoms with Crippen molar-refractivity contribution in [1.29, 1.82) is 0 Å². The van der Waals surface area contributed by atoms with Crippen LogP contribution in [0.5, 0.6) is 0 Å². The Morgan fingerprint density at radius 2 is 2.04 bits per heavy atom. The third-order valence-corrected chi connectivity index (χ3v) is 4.14. The largest absolute Gasteiger partial charge is 0.513 e.